The van der Waals surface area contributed by atoms with Gasteiger partial charge in [-0.25, -0.2) is 0 Å². The summed E-state index contributed by atoms with van der Waals surface area (Å²) in [6.07, 6.45) is 2.25. The van der Waals surface area contributed by atoms with Crippen molar-refractivity contribution in [1.82, 2.24) is 4.98 Å². The standard InChI is InChI=1S/C12H13NO2/c1-3-10(14)8-7-13-9-5-4-6-11(15-2)12(8)9/h4-7,13H,3H2,1-2H3. The zero-order chi connectivity index (χ0) is 10.8. The Morgan fingerprint density at radius 3 is 2.93 bits per heavy atom. The van der Waals surface area contributed by atoms with Gasteiger partial charge < -0.3 is 9.72 Å². The number of aromatic amines is 1. The summed E-state index contributed by atoms with van der Waals surface area (Å²) in [5.74, 6) is 0.872. The van der Waals surface area contributed by atoms with Gasteiger partial charge in [0, 0.05) is 23.7 Å². The Hall–Kier alpha value is -1.77. The molecule has 0 spiro atoms. The Kier molecular flexibility index (Phi) is 2.46. The maximum absolute atomic E-state index is 11.7. The van der Waals surface area contributed by atoms with E-state index in [2.05, 4.69) is 4.98 Å². The van der Waals surface area contributed by atoms with E-state index in [1.165, 1.54) is 0 Å². The highest BCUT2D eigenvalue weighted by Crippen LogP contribution is 2.29. The molecule has 0 atom stereocenters. The molecule has 15 heavy (non-hydrogen) atoms. The number of ketones is 1. The molecule has 1 aromatic heterocycles. The van der Waals surface area contributed by atoms with Gasteiger partial charge in [-0.2, -0.15) is 0 Å². The number of benzene rings is 1. The Morgan fingerprint density at radius 1 is 1.47 bits per heavy atom. The smallest absolute Gasteiger partial charge is 0.164 e. The first kappa shape index (κ1) is 9.77. The Bertz CT molecular complexity index is 499. The number of aromatic nitrogens is 1. The van der Waals surface area contributed by atoms with Gasteiger partial charge in [-0.1, -0.05) is 13.0 Å². The lowest BCUT2D eigenvalue weighted by atomic mass is 10.1. The van der Waals surface area contributed by atoms with E-state index in [1.807, 2.05) is 25.1 Å². The first-order chi connectivity index (χ1) is 7.27. The lowest BCUT2D eigenvalue weighted by Crippen LogP contribution is -1.95. The molecule has 0 aliphatic heterocycles. The quantitative estimate of drug-likeness (QED) is 0.779. The second-order valence-electron chi connectivity index (χ2n) is 3.36. The van der Waals surface area contributed by atoms with E-state index in [0.717, 1.165) is 16.7 Å². The summed E-state index contributed by atoms with van der Waals surface area (Å²) in [6, 6.07) is 5.70. The van der Waals surface area contributed by atoms with Crippen molar-refractivity contribution in [3.63, 3.8) is 0 Å². The van der Waals surface area contributed by atoms with Crippen LogP contribution in [-0.4, -0.2) is 17.9 Å². The minimum absolute atomic E-state index is 0.130. The molecule has 0 aliphatic rings. The number of H-pyrrole nitrogens is 1. The van der Waals surface area contributed by atoms with Crippen molar-refractivity contribution < 1.29 is 9.53 Å². The summed E-state index contributed by atoms with van der Waals surface area (Å²) in [6.45, 7) is 1.86. The number of Topliss-reactive ketones (excluding diaryl/α,β-unsaturated/α-hetero) is 1. The maximum Gasteiger partial charge on any atom is 0.164 e. The summed E-state index contributed by atoms with van der Waals surface area (Å²) >= 11 is 0. The van der Waals surface area contributed by atoms with Crippen LogP contribution in [0.4, 0.5) is 0 Å². The van der Waals surface area contributed by atoms with Gasteiger partial charge in [0.15, 0.2) is 5.78 Å². The molecular weight excluding hydrogens is 190 g/mol. The second kappa shape index (κ2) is 3.77. The van der Waals surface area contributed by atoms with Crippen molar-refractivity contribution in [2.75, 3.05) is 7.11 Å². The van der Waals surface area contributed by atoms with E-state index in [9.17, 15) is 4.79 Å². The molecule has 1 heterocycles. The molecule has 0 saturated carbocycles. The molecule has 0 unspecified atom stereocenters. The monoisotopic (exact) mass is 203 g/mol. The predicted molar refractivity (Wildman–Crippen MR) is 59.5 cm³/mol. The number of hydrogen-bond donors (Lipinski definition) is 1. The molecule has 0 aliphatic carbocycles. The largest absolute Gasteiger partial charge is 0.496 e. The lowest BCUT2D eigenvalue weighted by molar-refractivity contribution is 0.0989. The Morgan fingerprint density at radius 2 is 2.27 bits per heavy atom. The number of nitrogens with one attached hydrogen (secondary N) is 1. The first-order valence-corrected chi connectivity index (χ1v) is 4.95. The van der Waals surface area contributed by atoms with Crippen molar-refractivity contribution in [1.29, 1.82) is 0 Å². The summed E-state index contributed by atoms with van der Waals surface area (Å²) in [5.41, 5.74) is 1.65. The molecule has 1 aromatic carbocycles. The minimum atomic E-state index is 0.130. The lowest BCUT2D eigenvalue weighted by Gasteiger charge is -2.03. The number of methoxy groups -OCH3 is 1. The molecule has 0 radical (unpaired) electrons. The Balaban J connectivity index is 2.71. The molecule has 2 rings (SSSR count). The third-order valence-electron chi connectivity index (χ3n) is 2.51. The highest BCUT2D eigenvalue weighted by molar-refractivity contribution is 6.09. The molecule has 0 fully saturated rings. The average molecular weight is 203 g/mol. The van der Waals surface area contributed by atoms with E-state index in [1.54, 1.807) is 13.3 Å². The van der Waals surface area contributed by atoms with Crippen LogP contribution in [0.5, 0.6) is 5.75 Å². The van der Waals surface area contributed by atoms with Crippen LogP contribution in [0.3, 0.4) is 0 Å². The zero-order valence-electron chi connectivity index (χ0n) is 8.83. The van der Waals surface area contributed by atoms with Crippen molar-refractivity contribution in [2.45, 2.75) is 13.3 Å². The Labute approximate surface area is 88.1 Å². The number of hydrogen-bond acceptors (Lipinski definition) is 2. The highest BCUT2D eigenvalue weighted by Gasteiger charge is 2.13. The average Bonchev–Trinajstić information content (AvgIpc) is 2.71. The summed E-state index contributed by atoms with van der Waals surface area (Å²) < 4.78 is 5.25. The van der Waals surface area contributed by atoms with Gasteiger partial charge in [0.25, 0.3) is 0 Å². The molecule has 0 bridgehead atoms. The van der Waals surface area contributed by atoms with Gasteiger partial charge in [-0.05, 0) is 12.1 Å². The van der Waals surface area contributed by atoms with Crippen LogP contribution >= 0.6 is 0 Å². The highest BCUT2D eigenvalue weighted by atomic mass is 16.5. The van der Waals surface area contributed by atoms with Crippen LogP contribution < -0.4 is 4.74 Å². The number of ether oxygens (including phenoxy) is 1. The minimum Gasteiger partial charge on any atom is -0.496 e. The van der Waals surface area contributed by atoms with E-state index < -0.39 is 0 Å². The van der Waals surface area contributed by atoms with Crippen LogP contribution in [0, 0.1) is 0 Å². The van der Waals surface area contributed by atoms with Gasteiger partial charge in [0.1, 0.15) is 5.75 Å². The molecule has 1 N–H and O–H groups in total. The molecule has 78 valence electrons. The van der Waals surface area contributed by atoms with Gasteiger partial charge in [0.05, 0.1) is 12.5 Å². The molecule has 3 heteroatoms. The fraction of sp³-hybridized carbons (Fsp3) is 0.250. The van der Waals surface area contributed by atoms with Crippen molar-refractivity contribution in [2.24, 2.45) is 0 Å². The summed E-state index contributed by atoms with van der Waals surface area (Å²) in [7, 11) is 1.61. The molecule has 0 amide bonds. The third-order valence-corrected chi connectivity index (χ3v) is 2.51. The van der Waals surface area contributed by atoms with Crippen LogP contribution in [-0.2, 0) is 0 Å². The number of rotatable bonds is 3. The van der Waals surface area contributed by atoms with Crippen molar-refractivity contribution >= 4 is 16.7 Å². The van der Waals surface area contributed by atoms with Gasteiger partial charge in [-0.15, -0.1) is 0 Å². The van der Waals surface area contributed by atoms with E-state index in [0.29, 0.717) is 12.0 Å². The van der Waals surface area contributed by atoms with E-state index in [-0.39, 0.29) is 5.78 Å². The van der Waals surface area contributed by atoms with Crippen molar-refractivity contribution in [3.05, 3.63) is 30.0 Å². The van der Waals surface area contributed by atoms with Gasteiger partial charge in [-0.3, -0.25) is 4.79 Å². The zero-order valence-corrected chi connectivity index (χ0v) is 8.83. The summed E-state index contributed by atoms with van der Waals surface area (Å²) in [4.78, 5) is 14.8. The van der Waals surface area contributed by atoms with Crippen molar-refractivity contribution in [3.8, 4) is 5.75 Å². The first-order valence-electron chi connectivity index (χ1n) is 4.95. The fourth-order valence-electron chi connectivity index (χ4n) is 1.73. The van der Waals surface area contributed by atoms with Crippen LogP contribution in [0.15, 0.2) is 24.4 Å². The van der Waals surface area contributed by atoms with Gasteiger partial charge in [0.2, 0.25) is 0 Å². The normalized spacial score (nSPS) is 10.5. The number of fused-ring (bicyclic) bond motifs is 1. The fourth-order valence-corrected chi connectivity index (χ4v) is 1.73. The van der Waals surface area contributed by atoms with E-state index in [4.69, 9.17) is 4.74 Å². The number of carbonyl (C=O) groups excluding carboxylic acids is 1. The van der Waals surface area contributed by atoms with Crippen LogP contribution in [0.1, 0.15) is 23.7 Å². The third kappa shape index (κ3) is 1.50. The maximum atomic E-state index is 11.7. The topological polar surface area (TPSA) is 42.1 Å². The van der Waals surface area contributed by atoms with E-state index >= 15 is 0 Å². The molecule has 3 nitrogen and oxygen atoms in total. The van der Waals surface area contributed by atoms with Crippen LogP contribution in [0.2, 0.25) is 0 Å². The van der Waals surface area contributed by atoms with Crippen LogP contribution in [0.25, 0.3) is 10.9 Å². The summed E-state index contributed by atoms with van der Waals surface area (Å²) in [5, 5.41) is 0.881. The number of carbonyl (C=O) groups is 1. The second-order valence-corrected chi connectivity index (χ2v) is 3.36. The molecule has 0 saturated heterocycles. The molecule has 2 aromatic rings. The SMILES string of the molecule is CCC(=O)c1c[nH]c2cccc(OC)c12. The van der Waals surface area contributed by atoms with Gasteiger partial charge >= 0.3 is 0 Å². The predicted octanol–water partition coefficient (Wildman–Crippen LogP) is 2.77. The molecular formula is C12H13NO2.